The van der Waals surface area contributed by atoms with Gasteiger partial charge < -0.3 is 0 Å². The fraction of sp³-hybridized carbons (Fsp3) is 0.0588. The summed E-state index contributed by atoms with van der Waals surface area (Å²) in [5.41, 5.74) is 6.98. The molecule has 0 atom stereocenters. The van der Waals surface area contributed by atoms with Crippen LogP contribution in [0.25, 0.3) is 11.1 Å². The zero-order valence-corrected chi connectivity index (χ0v) is 13.5. The van der Waals surface area contributed by atoms with Crippen molar-refractivity contribution in [1.29, 1.82) is 0 Å². The van der Waals surface area contributed by atoms with Crippen molar-refractivity contribution < 1.29 is 0 Å². The summed E-state index contributed by atoms with van der Waals surface area (Å²) in [6.45, 7) is 1.95. The molecule has 2 aromatic carbocycles. The Balaban J connectivity index is 1.75. The maximum Gasteiger partial charge on any atom is 0.203 e. The van der Waals surface area contributed by atoms with Gasteiger partial charge in [0.1, 0.15) is 0 Å². The summed E-state index contributed by atoms with van der Waals surface area (Å²) in [4.78, 5) is 4.28. The maximum atomic E-state index is 6.33. The molecule has 0 saturated heterocycles. The highest BCUT2D eigenvalue weighted by atomic mass is 35.5. The van der Waals surface area contributed by atoms with E-state index in [1.54, 1.807) is 6.21 Å². The number of rotatable bonds is 4. The minimum Gasteiger partial charge on any atom is -0.253 e. The predicted molar refractivity (Wildman–Crippen MR) is 95.0 cm³/mol. The van der Waals surface area contributed by atoms with E-state index in [2.05, 4.69) is 27.6 Å². The van der Waals surface area contributed by atoms with E-state index in [4.69, 9.17) is 11.6 Å². The number of aryl methyl sites for hydroxylation is 1. The van der Waals surface area contributed by atoms with Crippen molar-refractivity contribution in [3.05, 3.63) is 70.2 Å². The van der Waals surface area contributed by atoms with E-state index in [1.807, 2.05) is 48.7 Å². The van der Waals surface area contributed by atoms with Crippen molar-refractivity contribution in [2.75, 3.05) is 5.43 Å². The number of anilines is 1. The van der Waals surface area contributed by atoms with Crippen LogP contribution in [0.5, 0.6) is 0 Å². The Kier molecular flexibility index (Phi) is 4.51. The average molecular weight is 328 g/mol. The largest absolute Gasteiger partial charge is 0.253 e. The Hall–Kier alpha value is -2.17. The lowest BCUT2D eigenvalue weighted by atomic mass is 10.0. The van der Waals surface area contributed by atoms with Gasteiger partial charge in [0.25, 0.3) is 0 Å². The van der Waals surface area contributed by atoms with Crippen LogP contribution in [0.4, 0.5) is 5.13 Å². The van der Waals surface area contributed by atoms with Crippen LogP contribution in [0.1, 0.15) is 11.3 Å². The van der Waals surface area contributed by atoms with Crippen LogP contribution in [0.2, 0.25) is 5.02 Å². The minimum atomic E-state index is 0.669. The Bertz CT molecular complexity index is 797. The normalized spacial score (nSPS) is 11.0. The number of nitrogens with one attached hydrogen (secondary N) is 1. The first-order valence-electron chi connectivity index (χ1n) is 6.78. The quantitative estimate of drug-likeness (QED) is 0.527. The topological polar surface area (TPSA) is 37.3 Å². The average Bonchev–Trinajstić information content (AvgIpc) is 2.95. The van der Waals surface area contributed by atoms with E-state index in [0.29, 0.717) is 5.02 Å². The fourth-order valence-corrected chi connectivity index (χ4v) is 2.87. The lowest BCUT2D eigenvalue weighted by molar-refractivity contribution is 1.22. The van der Waals surface area contributed by atoms with Crippen molar-refractivity contribution in [2.24, 2.45) is 5.10 Å². The van der Waals surface area contributed by atoms with E-state index in [-0.39, 0.29) is 0 Å². The molecular formula is C17H14ClN3S. The van der Waals surface area contributed by atoms with Crippen molar-refractivity contribution >= 4 is 34.3 Å². The third-order valence-electron chi connectivity index (χ3n) is 3.09. The number of hydrazone groups is 1. The number of benzene rings is 2. The van der Waals surface area contributed by atoms with Crippen LogP contribution in [-0.4, -0.2) is 11.2 Å². The van der Waals surface area contributed by atoms with Gasteiger partial charge in [0, 0.05) is 10.9 Å². The molecule has 3 rings (SSSR count). The molecule has 1 aromatic heterocycles. The molecule has 5 heteroatoms. The third kappa shape index (κ3) is 3.53. The van der Waals surface area contributed by atoms with Crippen molar-refractivity contribution in [3.63, 3.8) is 0 Å². The molecule has 3 aromatic rings. The van der Waals surface area contributed by atoms with Crippen LogP contribution in [0.15, 0.2) is 59.0 Å². The first-order valence-corrected chi connectivity index (χ1v) is 8.04. The zero-order valence-electron chi connectivity index (χ0n) is 12.0. The summed E-state index contributed by atoms with van der Waals surface area (Å²) in [6, 6.07) is 16.1. The number of hydrogen-bond donors (Lipinski definition) is 1. The number of nitrogens with zero attached hydrogens (tertiary/aromatic N) is 2. The Morgan fingerprint density at radius 1 is 1.14 bits per heavy atom. The van der Waals surface area contributed by atoms with Crippen LogP contribution in [0.3, 0.4) is 0 Å². The first kappa shape index (κ1) is 14.8. The molecule has 1 N–H and O–H groups in total. The zero-order chi connectivity index (χ0) is 15.4. The molecule has 0 fully saturated rings. The third-order valence-corrected chi connectivity index (χ3v) is 4.28. The second-order valence-corrected chi connectivity index (χ2v) is 6.03. The van der Waals surface area contributed by atoms with Gasteiger partial charge in [-0.05, 0) is 24.1 Å². The molecule has 0 aliphatic rings. The van der Waals surface area contributed by atoms with E-state index >= 15 is 0 Å². The SMILES string of the molecule is Cc1csc(NN=Cc2ccc(-c3ccccc3)cc2Cl)n1. The van der Waals surface area contributed by atoms with Gasteiger partial charge in [0.15, 0.2) is 0 Å². The van der Waals surface area contributed by atoms with Crippen molar-refractivity contribution in [2.45, 2.75) is 6.92 Å². The smallest absolute Gasteiger partial charge is 0.203 e. The summed E-state index contributed by atoms with van der Waals surface area (Å²) < 4.78 is 0. The van der Waals surface area contributed by atoms with Crippen molar-refractivity contribution in [1.82, 2.24) is 4.98 Å². The van der Waals surface area contributed by atoms with Gasteiger partial charge in [0.2, 0.25) is 5.13 Å². The number of thiazole rings is 1. The summed E-state index contributed by atoms with van der Waals surface area (Å²) in [5.74, 6) is 0. The van der Waals surface area contributed by atoms with E-state index < -0.39 is 0 Å². The van der Waals surface area contributed by atoms with E-state index in [9.17, 15) is 0 Å². The first-order chi connectivity index (χ1) is 10.7. The molecule has 0 aliphatic carbocycles. The molecular weight excluding hydrogens is 314 g/mol. The van der Waals surface area contributed by atoms with E-state index in [0.717, 1.165) is 27.5 Å². The molecule has 0 amide bonds. The summed E-state index contributed by atoms with van der Waals surface area (Å²) >= 11 is 7.85. The molecule has 1 heterocycles. The highest BCUT2D eigenvalue weighted by Crippen LogP contribution is 2.24. The number of hydrogen-bond acceptors (Lipinski definition) is 4. The van der Waals surface area contributed by atoms with Gasteiger partial charge in [0.05, 0.1) is 16.9 Å². The van der Waals surface area contributed by atoms with Gasteiger partial charge >= 0.3 is 0 Å². The lowest BCUT2D eigenvalue weighted by Crippen LogP contribution is -1.91. The number of aromatic nitrogens is 1. The molecule has 0 radical (unpaired) electrons. The highest BCUT2D eigenvalue weighted by molar-refractivity contribution is 7.13. The molecule has 0 bridgehead atoms. The van der Waals surface area contributed by atoms with Gasteiger partial charge in [-0.3, -0.25) is 5.43 Å². The van der Waals surface area contributed by atoms with Crippen molar-refractivity contribution in [3.8, 4) is 11.1 Å². The molecule has 110 valence electrons. The standard InChI is InChI=1S/C17H14ClN3S/c1-12-11-22-17(20-12)21-19-10-15-8-7-14(9-16(15)18)13-5-3-2-4-6-13/h2-11H,1H3,(H,20,21). The summed E-state index contributed by atoms with van der Waals surface area (Å²) in [7, 11) is 0. The summed E-state index contributed by atoms with van der Waals surface area (Å²) in [6.07, 6.45) is 1.70. The van der Waals surface area contributed by atoms with Gasteiger partial charge in [-0.25, -0.2) is 4.98 Å². The molecule has 22 heavy (non-hydrogen) atoms. The predicted octanol–water partition coefficient (Wildman–Crippen LogP) is 5.22. The molecule has 0 unspecified atom stereocenters. The Labute approximate surface area is 138 Å². The second-order valence-electron chi connectivity index (χ2n) is 4.77. The minimum absolute atomic E-state index is 0.669. The van der Waals surface area contributed by atoms with Crippen LogP contribution >= 0.6 is 22.9 Å². The van der Waals surface area contributed by atoms with E-state index in [1.165, 1.54) is 11.3 Å². The monoisotopic (exact) mass is 327 g/mol. The summed E-state index contributed by atoms with van der Waals surface area (Å²) in [5, 5.41) is 7.59. The lowest BCUT2D eigenvalue weighted by Gasteiger charge is -2.04. The molecule has 0 saturated carbocycles. The highest BCUT2D eigenvalue weighted by Gasteiger charge is 2.02. The van der Waals surface area contributed by atoms with Gasteiger partial charge in [-0.15, -0.1) is 11.3 Å². The van der Waals surface area contributed by atoms with Gasteiger partial charge in [-0.2, -0.15) is 5.10 Å². The Morgan fingerprint density at radius 3 is 2.64 bits per heavy atom. The van der Waals surface area contributed by atoms with Crippen LogP contribution < -0.4 is 5.43 Å². The number of halogens is 1. The molecule has 0 aliphatic heterocycles. The second kappa shape index (κ2) is 6.73. The molecule has 0 spiro atoms. The Morgan fingerprint density at radius 2 is 1.95 bits per heavy atom. The van der Waals surface area contributed by atoms with Gasteiger partial charge in [-0.1, -0.05) is 54.1 Å². The molecule has 3 nitrogen and oxygen atoms in total. The van der Waals surface area contributed by atoms with Crippen LogP contribution in [0, 0.1) is 6.92 Å². The fourth-order valence-electron chi connectivity index (χ4n) is 2.00. The maximum absolute atomic E-state index is 6.33. The van der Waals surface area contributed by atoms with Crippen LogP contribution in [-0.2, 0) is 0 Å².